The predicted octanol–water partition coefficient (Wildman–Crippen LogP) is 2.06. The highest BCUT2D eigenvalue weighted by Crippen LogP contribution is 2.20. The minimum absolute atomic E-state index is 0.187. The fourth-order valence-corrected chi connectivity index (χ4v) is 2.03. The highest BCUT2D eigenvalue weighted by Gasteiger charge is 2.15. The summed E-state index contributed by atoms with van der Waals surface area (Å²) in [4.78, 5) is 15.9. The Balaban J connectivity index is 1.99. The SMILES string of the molecule is N[C@@H](Cc1ccc(O)cc1)C(=O)Nc1ccncc1Br. The maximum absolute atomic E-state index is 12.0. The van der Waals surface area contributed by atoms with Crippen LogP contribution in [-0.4, -0.2) is 22.0 Å². The van der Waals surface area contributed by atoms with Crippen LogP contribution in [0.5, 0.6) is 5.75 Å². The van der Waals surface area contributed by atoms with Crippen molar-refractivity contribution < 1.29 is 9.90 Å². The smallest absolute Gasteiger partial charge is 0.241 e. The Kier molecular flexibility index (Phi) is 4.70. The molecule has 0 saturated heterocycles. The molecular formula is C14H14BrN3O2. The van der Waals surface area contributed by atoms with Gasteiger partial charge in [-0.05, 0) is 46.1 Å². The van der Waals surface area contributed by atoms with Crippen LogP contribution in [0.4, 0.5) is 5.69 Å². The lowest BCUT2D eigenvalue weighted by atomic mass is 10.1. The van der Waals surface area contributed by atoms with Gasteiger partial charge >= 0.3 is 0 Å². The fourth-order valence-electron chi connectivity index (χ4n) is 1.68. The highest BCUT2D eigenvalue weighted by molar-refractivity contribution is 9.10. The lowest BCUT2D eigenvalue weighted by Gasteiger charge is -2.13. The van der Waals surface area contributed by atoms with Gasteiger partial charge in [0.15, 0.2) is 0 Å². The number of benzene rings is 1. The first kappa shape index (κ1) is 14.5. The molecule has 0 radical (unpaired) electrons. The van der Waals surface area contributed by atoms with E-state index < -0.39 is 6.04 Å². The normalized spacial score (nSPS) is 11.9. The molecular weight excluding hydrogens is 322 g/mol. The van der Waals surface area contributed by atoms with Crippen LogP contribution in [0.1, 0.15) is 5.56 Å². The Labute approximate surface area is 125 Å². The summed E-state index contributed by atoms with van der Waals surface area (Å²) in [6.07, 6.45) is 3.59. The zero-order chi connectivity index (χ0) is 14.5. The number of carbonyl (C=O) groups excluding carboxylic acids is 1. The molecule has 0 aliphatic rings. The van der Waals surface area contributed by atoms with Crippen molar-refractivity contribution in [1.82, 2.24) is 4.98 Å². The van der Waals surface area contributed by atoms with Gasteiger partial charge in [0, 0.05) is 12.4 Å². The van der Waals surface area contributed by atoms with Gasteiger partial charge in [-0.25, -0.2) is 0 Å². The van der Waals surface area contributed by atoms with Crippen molar-refractivity contribution in [1.29, 1.82) is 0 Å². The van der Waals surface area contributed by atoms with Gasteiger partial charge in [-0.3, -0.25) is 9.78 Å². The molecule has 0 aliphatic carbocycles. The summed E-state index contributed by atoms with van der Waals surface area (Å²) >= 11 is 3.30. The second-order valence-electron chi connectivity index (χ2n) is 4.32. The third-order valence-corrected chi connectivity index (χ3v) is 3.39. The number of aromatic hydroxyl groups is 1. The monoisotopic (exact) mass is 335 g/mol. The van der Waals surface area contributed by atoms with Gasteiger partial charge < -0.3 is 16.2 Å². The van der Waals surface area contributed by atoms with Crippen LogP contribution >= 0.6 is 15.9 Å². The molecule has 1 aromatic carbocycles. The van der Waals surface area contributed by atoms with E-state index in [9.17, 15) is 9.90 Å². The van der Waals surface area contributed by atoms with Gasteiger partial charge in [0.25, 0.3) is 0 Å². The molecule has 4 N–H and O–H groups in total. The number of phenolic OH excluding ortho intramolecular Hbond substituents is 1. The quantitative estimate of drug-likeness (QED) is 0.797. The second-order valence-corrected chi connectivity index (χ2v) is 5.18. The van der Waals surface area contributed by atoms with Crippen LogP contribution in [0.2, 0.25) is 0 Å². The van der Waals surface area contributed by atoms with Gasteiger partial charge in [-0.1, -0.05) is 12.1 Å². The lowest BCUT2D eigenvalue weighted by Crippen LogP contribution is -2.37. The summed E-state index contributed by atoms with van der Waals surface area (Å²) < 4.78 is 0.699. The van der Waals surface area contributed by atoms with Gasteiger partial charge in [-0.2, -0.15) is 0 Å². The number of nitrogens with one attached hydrogen (secondary N) is 1. The minimum atomic E-state index is -0.667. The molecule has 0 aliphatic heterocycles. The number of halogens is 1. The predicted molar refractivity (Wildman–Crippen MR) is 80.4 cm³/mol. The maximum atomic E-state index is 12.0. The van der Waals surface area contributed by atoms with Crippen LogP contribution in [0.25, 0.3) is 0 Å². The number of phenols is 1. The molecule has 0 saturated carbocycles. The molecule has 0 fully saturated rings. The maximum Gasteiger partial charge on any atom is 0.241 e. The van der Waals surface area contributed by atoms with E-state index in [2.05, 4.69) is 26.2 Å². The van der Waals surface area contributed by atoms with Crippen molar-refractivity contribution in [3.05, 3.63) is 52.8 Å². The number of anilines is 1. The van der Waals surface area contributed by atoms with Crippen LogP contribution in [0.3, 0.4) is 0 Å². The van der Waals surface area contributed by atoms with E-state index in [-0.39, 0.29) is 11.7 Å². The number of nitrogens with zero attached hydrogens (tertiary/aromatic N) is 1. The summed E-state index contributed by atoms with van der Waals surface area (Å²) in [5, 5.41) is 11.9. The average molecular weight is 336 g/mol. The van der Waals surface area contributed by atoms with Gasteiger partial charge in [0.1, 0.15) is 5.75 Å². The molecule has 2 rings (SSSR count). The number of aromatic nitrogens is 1. The van der Waals surface area contributed by atoms with E-state index in [1.807, 2.05) is 0 Å². The van der Waals surface area contributed by atoms with Crippen LogP contribution in [-0.2, 0) is 11.2 Å². The van der Waals surface area contributed by atoms with Gasteiger partial charge in [0.05, 0.1) is 16.2 Å². The number of hydrogen-bond acceptors (Lipinski definition) is 4. The topological polar surface area (TPSA) is 88.2 Å². The Morgan fingerprint density at radius 1 is 1.35 bits per heavy atom. The van der Waals surface area contributed by atoms with E-state index in [0.717, 1.165) is 5.56 Å². The van der Waals surface area contributed by atoms with E-state index in [4.69, 9.17) is 5.73 Å². The van der Waals surface area contributed by atoms with Gasteiger partial charge in [-0.15, -0.1) is 0 Å². The van der Waals surface area contributed by atoms with Crippen molar-refractivity contribution in [3.8, 4) is 5.75 Å². The Morgan fingerprint density at radius 3 is 2.70 bits per heavy atom. The fraction of sp³-hybridized carbons (Fsp3) is 0.143. The number of hydrogen-bond donors (Lipinski definition) is 3. The van der Waals surface area contributed by atoms with Crippen molar-refractivity contribution >= 4 is 27.5 Å². The number of amides is 1. The lowest BCUT2D eigenvalue weighted by molar-refractivity contribution is -0.117. The summed E-state index contributed by atoms with van der Waals surface area (Å²) in [5.74, 6) is -0.0857. The molecule has 1 heterocycles. The summed E-state index contributed by atoms with van der Waals surface area (Å²) in [5.41, 5.74) is 7.40. The van der Waals surface area contributed by atoms with Crippen LogP contribution < -0.4 is 11.1 Å². The first-order valence-corrected chi connectivity index (χ1v) is 6.79. The zero-order valence-corrected chi connectivity index (χ0v) is 12.2. The third kappa shape index (κ3) is 3.79. The highest BCUT2D eigenvalue weighted by atomic mass is 79.9. The standard InChI is InChI=1S/C14H14BrN3O2/c15-11-8-17-6-5-13(11)18-14(20)12(16)7-9-1-3-10(19)4-2-9/h1-6,8,12,19H,7,16H2,(H,17,18,20)/t12-/m0/s1. The number of rotatable bonds is 4. The molecule has 0 spiro atoms. The molecule has 0 unspecified atom stereocenters. The molecule has 6 heteroatoms. The van der Waals surface area contributed by atoms with Crippen LogP contribution in [0, 0.1) is 0 Å². The van der Waals surface area contributed by atoms with E-state index in [1.54, 1.807) is 42.7 Å². The van der Waals surface area contributed by atoms with Crippen molar-refractivity contribution in [2.75, 3.05) is 5.32 Å². The first-order valence-electron chi connectivity index (χ1n) is 6.00. The zero-order valence-electron chi connectivity index (χ0n) is 10.6. The minimum Gasteiger partial charge on any atom is -0.508 e. The van der Waals surface area contributed by atoms with E-state index in [1.165, 1.54) is 0 Å². The van der Waals surface area contributed by atoms with Crippen molar-refractivity contribution in [2.24, 2.45) is 5.73 Å². The number of nitrogens with two attached hydrogens (primary N) is 1. The summed E-state index contributed by atoms with van der Waals surface area (Å²) in [7, 11) is 0. The molecule has 2 aromatic rings. The number of carbonyl (C=O) groups is 1. The average Bonchev–Trinajstić information content (AvgIpc) is 2.44. The Morgan fingerprint density at radius 2 is 2.05 bits per heavy atom. The molecule has 20 heavy (non-hydrogen) atoms. The second kappa shape index (κ2) is 6.49. The van der Waals surface area contributed by atoms with Crippen molar-refractivity contribution in [3.63, 3.8) is 0 Å². The van der Waals surface area contributed by atoms with E-state index in [0.29, 0.717) is 16.6 Å². The molecule has 1 amide bonds. The molecule has 1 atom stereocenters. The molecule has 0 bridgehead atoms. The van der Waals surface area contributed by atoms with Crippen molar-refractivity contribution in [2.45, 2.75) is 12.5 Å². The largest absolute Gasteiger partial charge is 0.508 e. The molecule has 104 valence electrons. The van der Waals surface area contributed by atoms with Crippen LogP contribution in [0.15, 0.2) is 47.2 Å². The third-order valence-electron chi connectivity index (χ3n) is 2.76. The number of pyridine rings is 1. The molecule has 1 aromatic heterocycles. The Hall–Kier alpha value is -1.92. The Bertz CT molecular complexity index is 602. The first-order chi connectivity index (χ1) is 9.56. The van der Waals surface area contributed by atoms with E-state index >= 15 is 0 Å². The summed E-state index contributed by atoms with van der Waals surface area (Å²) in [6.45, 7) is 0. The summed E-state index contributed by atoms with van der Waals surface area (Å²) in [6, 6.07) is 7.64. The molecule has 5 nitrogen and oxygen atoms in total. The van der Waals surface area contributed by atoms with Gasteiger partial charge in [0.2, 0.25) is 5.91 Å².